The molecule has 7 nitrogen and oxygen atoms in total. The first-order valence-corrected chi connectivity index (χ1v) is 4.19. The third-order valence-electron chi connectivity index (χ3n) is 1.85. The van der Waals surface area contributed by atoms with Crippen LogP contribution in [0.15, 0.2) is 24.4 Å². The van der Waals surface area contributed by atoms with E-state index < -0.39 is 10.7 Å². The minimum Gasteiger partial charge on any atom is -0.381 e. The Morgan fingerprint density at radius 2 is 2.19 bits per heavy atom. The first kappa shape index (κ1) is 10.0. The molecule has 0 saturated carbocycles. The quantitative estimate of drug-likeness (QED) is 0.602. The number of aromatic nitrogens is 3. The molecule has 0 aliphatic heterocycles. The highest BCUT2D eigenvalue weighted by Gasteiger charge is 2.11. The minimum absolute atomic E-state index is 0.145. The van der Waals surface area contributed by atoms with Gasteiger partial charge >= 0.3 is 0 Å². The maximum absolute atomic E-state index is 13.1. The number of anilines is 1. The molecule has 0 unspecified atom stereocenters. The molecule has 8 heteroatoms. The Labute approximate surface area is 88.4 Å². The highest BCUT2D eigenvalue weighted by molar-refractivity contribution is 5.44. The molecule has 0 aliphatic rings. The van der Waals surface area contributed by atoms with Gasteiger partial charge in [-0.15, -0.1) is 5.10 Å². The second-order valence-corrected chi connectivity index (χ2v) is 3.01. The summed E-state index contributed by atoms with van der Waals surface area (Å²) in [5, 5.41) is 17.6. The van der Waals surface area contributed by atoms with Gasteiger partial charge in [-0.05, 0) is 0 Å². The largest absolute Gasteiger partial charge is 0.381 e. The number of halogens is 1. The number of benzene rings is 1. The first-order chi connectivity index (χ1) is 7.56. The number of nitro groups is 1. The fourth-order valence-corrected chi connectivity index (χ4v) is 1.20. The van der Waals surface area contributed by atoms with Crippen molar-refractivity contribution in [1.82, 2.24) is 15.0 Å². The average Bonchev–Trinajstić information content (AvgIpc) is 2.64. The van der Waals surface area contributed by atoms with E-state index in [1.165, 1.54) is 12.3 Å². The number of nitro benzene ring substituents is 1. The van der Waals surface area contributed by atoms with Crippen molar-refractivity contribution in [3.05, 3.63) is 40.3 Å². The fraction of sp³-hybridized carbons (Fsp3) is 0. The molecule has 1 aromatic carbocycles. The molecule has 2 N–H and O–H groups in total. The molecular formula is C8H6FN5O2. The molecular weight excluding hydrogens is 217 g/mol. The molecule has 0 radical (unpaired) electrons. The Morgan fingerprint density at radius 3 is 2.75 bits per heavy atom. The molecule has 1 aromatic heterocycles. The zero-order chi connectivity index (χ0) is 11.7. The Hall–Kier alpha value is -2.51. The van der Waals surface area contributed by atoms with Crippen molar-refractivity contribution in [2.24, 2.45) is 0 Å². The second-order valence-electron chi connectivity index (χ2n) is 3.01. The zero-order valence-electron chi connectivity index (χ0n) is 7.87. The van der Waals surface area contributed by atoms with Crippen molar-refractivity contribution in [3.63, 3.8) is 0 Å². The molecule has 0 atom stereocenters. The summed E-state index contributed by atoms with van der Waals surface area (Å²) < 4.78 is 14.2. The Balaban J connectivity index is 2.53. The van der Waals surface area contributed by atoms with Crippen LogP contribution in [0.2, 0.25) is 0 Å². The first-order valence-electron chi connectivity index (χ1n) is 4.19. The van der Waals surface area contributed by atoms with E-state index in [0.717, 1.165) is 16.8 Å². The monoisotopic (exact) mass is 223 g/mol. The van der Waals surface area contributed by atoms with Gasteiger partial charge in [0.1, 0.15) is 5.82 Å². The molecule has 0 aliphatic carbocycles. The highest BCUT2D eigenvalue weighted by atomic mass is 19.1. The molecule has 82 valence electrons. The Morgan fingerprint density at radius 1 is 1.44 bits per heavy atom. The Bertz CT molecular complexity index is 553. The van der Waals surface area contributed by atoms with Gasteiger partial charge in [0, 0.05) is 12.1 Å². The summed E-state index contributed by atoms with van der Waals surface area (Å²) in [6.45, 7) is 0. The SMILES string of the molecule is Nc1cn(-c2cc(F)cc([N+](=O)[O-])c2)nn1. The maximum Gasteiger partial charge on any atom is 0.274 e. The van der Waals surface area contributed by atoms with E-state index in [9.17, 15) is 14.5 Å². The van der Waals surface area contributed by atoms with Gasteiger partial charge in [0.25, 0.3) is 5.69 Å². The van der Waals surface area contributed by atoms with Crippen molar-refractivity contribution in [2.75, 3.05) is 5.73 Å². The summed E-state index contributed by atoms with van der Waals surface area (Å²) in [6.07, 6.45) is 1.33. The highest BCUT2D eigenvalue weighted by Crippen LogP contribution is 2.18. The molecule has 0 amide bonds. The summed E-state index contributed by atoms with van der Waals surface area (Å²) in [5.74, 6) is -0.579. The fourth-order valence-electron chi connectivity index (χ4n) is 1.20. The van der Waals surface area contributed by atoms with E-state index in [4.69, 9.17) is 5.73 Å². The van der Waals surface area contributed by atoms with E-state index in [2.05, 4.69) is 10.3 Å². The van der Waals surface area contributed by atoms with Crippen LogP contribution in [-0.2, 0) is 0 Å². The number of nitrogens with two attached hydrogens (primary N) is 1. The van der Waals surface area contributed by atoms with Gasteiger partial charge in [0.2, 0.25) is 0 Å². The topological polar surface area (TPSA) is 99.9 Å². The molecule has 2 rings (SSSR count). The summed E-state index contributed by atoms with van der Waals surface area (Å²) in [5.41, 5.74) is 5.16. The van der Waals surface area contributed by atoms with Crippen molar-refractivity contribution in [1.29, 1.82) is 0 Å². The van der Waals surface area contributed by atoms with E-state index in [-0.39, 0.29) is 17.2 Å². The lowest BCUT2D eigenvalue weighted by atomic mass is 10.2. The van der Waals surface area contributed by atoms with E-state index in [0.29, 0.717) is 0 Å². The van der Waals surface area contributed by atoms with Crippen LogP contribution in [0.5, 0.6) is 0 Å². The lowest BCUT2D eigenvalue weighted by molar-refractivity contribution is -0.385. The third kappa shape index (κ3) is 1.80. The van der Waals surface area contributed by atoms with Crippen LogP contribution in [-0.4, -0.2) is 19.9 Å². The maximum atomic E-state index is 13.1. The molecule has 0 fully saturated rings. The predicted molar refractivity (Wildman–Crippen MR) is 52.4 cm³/mol. The van der Waals surface area contributed by atoms with Gasteiger partial charge in [-0.25, -0.2) is 9.07 Å². The normalized spacial score (nSPS) is 10.3. The lowest BCUT2D eigenvalue weighted by Crippen LogP contribution is -1.98. The van der Waals surface area contributed by atoms with Crippen LogP contribution >= 0.6 is 0 Å². The average molecular weight is 223 g/mol. The van der Waals surface area contributed by atoms with Crippen LogP contribution in [0.1, 0.15) is 0 Å². The van der Waals surface area contributed by atoms with Crippen molar-refractivity contribution >= 4 is 11.5 Å². The lowest BCUT2D eigenvalue weighted by Gasteiger charge is -2.00. The van der Waals surface area contributed by atoms with Crippen LogP contribution in [0.25, 0.3) is 5.69 Å². The van der Waals surface area contributed by atoms with E-state index in [1.54, 1.807) is 0 Å². The molecule has 2 aromatic rings. The molecule has 0 saturated heterocycles. The number of hydrogen-bond acceptors (Lipinski definition) is 5. The van der Waals surface area contributed by atoms with E-state index in [1.807, 2.05) is 0 Å². The molecule has 0 bridgehead atoms. The third-order valence-corrected chi connectivity index (χ3v) is 1.85. The van der Waals surface area contributed by atoms with Crippen molar-refractivity contribution in [2.45, 2.75) is 0 Å². The molecule has 16 heavy (non-hydrogen) atoms. The Kier molecular flexibility index (Phi) is 2.24. The molecule has 1 heterocycles. The van der Waals surface area contributed by atoms with E-state index >= 15 is 0 Å². The van der Waals surface area contributed by atoms with Crippen molar-refractivity contribution < 1.29 is 9.31 Å². The summed E-state index contributed by atoms with van der Waals surface area (Å²) in [4.78, 5) is 9.82. The predicted octanol–water partition coefficient (Wildman–Crippen LogP) is 0.897. The van der Waals surface area contributed by atoms with Crippen LogP contribution < -0.4 is 5.73 Å². The summed E-state index contributed by atoms with van der Waals surface area (Å²) in [7, 11) is 0. The minimum atomic E-state index is -0.724. The number of nitrogens with zero attached hydrogens (tertiary/aromatic N) is 4. The summed E-state index contributed by atoms with van der Waals surface area (Å²) in [6, 6.07) is 3.10. The smallest absolute Gasteiger partial charge is 0.274 e. The van der Waals surface area contributed by atoms with Crippen LogP contribution in [0.3, 0.4) is 0 Å². The standard InChI is InChI=1S/C8H6FN5O2/c9-5-1-6(3-7(2-5)14(15)16)13-4-8(10)11-12-13/h1-4H,10H2. The number of rotatable bonds is 2. The van der Waals surface area contributed by atoms with Crippen LogP contribution in [0, 0.1) is 15.9 Å². The number of non-ortho nitro benzene ring substituents is 1. The van der Waals surface area contributed by atoms with Crippen LogP contribution in [0.4, 0.5) is 15.9 Å². The van der Waals surface area contributed by atoms with Gasteiger partial charge in [-0.1, -0.05) is 5.21 Å². The van der Waals surface area contributed by atoms with Gasteiger partial charge in [0.15, 0.2) is 5.82 Å². The second kappa shape index (κ2) is 3.57. The zero-order valence-corrected chi connectivity index (χ0v) is 7.87. The van der Waals surface area contributed by atoms with Gasteiger partial charge in [0.05, 0.1) is 22.9 Å². The van der Waals surface area contributed by atoms with Gasteiger partial charge in [-0.2, -0.15) is 0 Å². The summed E-state index contributed by atoms with van der Waals surface area (Å²) >= 11 is 0. The van der Waals surface area contributed by atoms with Gasteiger partial charge in [-0.3, -0.25) is 10.1 Å². The van der Waals surface area contributed by atoms with Crippen molar-refractivity contribution in [3.8, 4) is 5.69 Å². The number of nitrogen functional groups attached to an aromatic ring is 1. The number of hydrogen-bond donors (Lipinski definition) is 1. The van der Waals surface area contributed by atoms with Gasteiger partial charge < -0.3 is 5.73 Å². The molecule has 0 spiro atoms.